The van der Waals surface area contributed by atoms with Crippen LogP contribution in [0.3, 0.4) is 0 Å². The summed E-state index contributed by atoms with van der Waals surface area (Å²) in [7, 11) is -2.37. The molecule has 29 heavy (non-hydrogen) atoms. The number of hydrogen-bond donors (Lipinski definition) is 2. The van der Waals surface area contributed by atoms with Crippen LogP contribution in [0.2, 0.25) is 10.0 Å². The van der Waals surface area contributed by atoms with E-state index in [0.29, 0.717) is 21.3 Å². The Morgan fingerprint density at radius 1 is 1.10 bits per heavy atom. The monoisotopic (exact) mass is 457 g/mol. The Morgan fingerprint density at radius 2 is 1.72 bits per heavy atom. The second-order valence-corrected chi connectivity index (χ2v) is 9.04. The average molecular weight is 458 g/mol. The standard InChI is InChI=1S/C19H21Cl2N3O4S/c1-12(19(26)24(3)11-14-4-5-15(20)10-18(14)21)23-29(27,28)17-8-6-16(7-9-17)22-13(2)25/h4-10,12,23H,11H2,1-3H3,(H,22,25)/t12-/m0/s1. The molecule has 2 aromatic rings. The predicted molar refractivity (Wildman–Crippen MR) is 113 cm³/mol. The van der Waals surface area contributed by atoms with E-state index < -0.39 is 22.0 Å². The molecule has 0 aliphatic carbocycles. The second-order valence-electron chi connectivity index (χ2n) is 6.48. The van der Waals surface area contributed by atoms with Gasteiger partial charge in [-0.1, -0.05) is 29.3 Å². The van der Waals surface area contributed by atoms with E-state index in [2.05, 4.69) is 10.0 Å². The number of sulfonamides is 1. The van der Waals surface area contributed by atoms with Gasteiger partial charge in [0.25, 0.3) is 0 Å². The molecular weight excluding hydrogens is 437 g/mol. The largest absolute Gasteiger partial charge is 0.340 e. The summed E-state index contributed by atoms with van der Waals surface area (Å²) in [5.41, 5.74) is 1.16. The molecule has 156 valence electrons. The minimum absolute atomic E-state index is 0.0188. The zero-order valence-electron chi connectivity index (χ0n) is 16.1. The molecule has 2 amide bonds. The lowest BCUT2D eigenvalue weighted by Crippen LogP contribution is -2.45. The van der Waals surface area contributed by atoms with Crippen molar-refractivity contribution in [3.63, 3.8) is 0 Å². The molecule has 0 aliphatic rings. The maximum atomic E-state index is 12.6. The third-order valence-electron chi connectivity index (χ3n) is 3.99. The van der Waals surface area contributed by atoms with E-state index in [-0.39, 0.29) is 17.3 Å². The van der Waals surface area contributed by atoms with Crippen molar-refractivity contribution < 1.29 is 18.0 Å². The molecule has 7 nitrogen and oxygen atoms in total. The number of carbonyl (C=O) groups excluding carboxylic acids is 2. The molecule has 2 N–H and O–H groups in total. The Labute approximate surface area is 180 Å². The van der Waals surface area contributed by atoms with Crippen molar-refractivity contribution in [2.45, 2.75) is 31.3 Å². The van der Waals surface area contributed by atoms with Gasteiger partial charge in [-0.2, -0.15) is 4.72 Å². The highest BCUT2D eigenvalue weighted by molar-refractivity contribution is 7.89. The third-order valence-corrected chi connectivity index (χ3v) is 6.13. The number of anilines is 1. The van der Waals surface area contributed by atoms with Crippen LogP contribution in [-0.2, 0) is 26.2 Å². The molecule has 2 rings (SSSR count). The highest BCUT2D eigenvalue weighted by Gasteiger charge is 2.24. The topological polar surface area (TPSA) is 95.6 Å². The number of nitrogens with one attached hydrogen (secondary N) is 2. The van der Waals surface area contributed by atoms with Gasteiger partial charge in [-0.3, -0.25) is 9.59 Å². The van der Waals surface area contributed by atoms with Crippen molar-refractivity contribution in [1.82, 2.24) is 9.62 Å². The van der Waals surface area contributed by atoms with E-state index >= 15 is 0 Å². The fraction of sp³-hybridized carbons (Fsp3) is 0.263. The first-order valence-electron chi connectivity index (χ1n) is 8.58. The van der Waals surface area contributed by atoms with Gasteiger partial charge in [-0.25, -0.2) is 8.42 Å². The number of halogens is 2. The van der Waals surface area contributed by atoms with E-state index in [4.69, 9.17) is 23.2 Å². The van der Waals surface area contributed by atoms with Crippen LogP contribution in [-0.4, -0.2) is 38.2 Å². The van der Waals surface area contributed by atoms with Crippen LogP contribution in [0.4, 0.5) is 5.69 Å². The van der Waals surface area contributed by atoms with Gasteiger partial charge in [0.1, 0.15) is 0 Å². The van der Waals surface area contributed by atoms with Crippen molar-refractivity contribution in [3.05, 3.63) is 58.1 Å². The maximum absolute atomic E-state index is 12.6. The minimum Gasteiger partial charge on any atom is -0.340 e. The number of hydrogen-bond acceptors (Lipinski definition) is 4. The van der Waals surface area contributed by atoms with Gasteiger partial charge >= 0.3 is 0 Å². The van der Waals surface area contributed by atoms with Crippen LogP contribution in [0.15, 0.2) is 47.4 Å². The van der Waals surface area contributed by atoms with Crippen molar-refractivity contribution in [3.8, 4) is 0 Å². The molecule has 0 spiro atoms. The molecule has 0 radical (unpaired) electrons. The lowest BCUT2D eigenvalue weighted by molar-refractivity contribution is -0.131. The smallest absolute Gasteiger partial charge is 0.241 e. The van der Waals surface area contributed by atoms with Gasteiger partial charge in [0, 0.05) is 36.2 Å². The summed E-state index contributed by atoms with van der Waals surface area (Å²) in [5.74, 6) is -0.684. The van der Waals surface area contributed by atoms with Crippen molar-refractivity contribution in [2.75, 3.05) is 12.4 Å². The molecule has 0 saturated heterocycles. The highest BCUT2D eigenvalue weighted by Crippen LogP contribution is 2.22. The van der Waals surface area contributed by atoms with E-state index in [1.165, 1.54) is 43.0 Å². The van der Waals surface area contributed by atoms with E-state index in [0.717, 1.165) is 0 Å². The van der Waals surface area contributed by atoms with Gasteiger partial charge in [-0.15, -0.1) is 0 Å². The summed E-state index contributed by atoms with van der Waals surface area (Å²) in [5, 5.41) is 3.46. The SMILES string of the molecule is CC(=O)Nc1ccc(S(=O)(=O)N[C@@H](C)C(=O)N(C)Cc2ccc(Cl)cc2Cl)cc1. The summed E-state index contributed by atoms with van der Waals surface area (Å²) in [6.45, 7) is 3.02. The average Bonchev–Trinajstić information content (AvgIpc) is 2.62. The second kappa shape index (κ2) is 9.58. The molecule has 10 heteroatoms. The zero-order valence-corrected chi connectivity index (χ0v) is 18.4. The quantitative estimate of drug-likeness (QED) is 0.666. The molecule has 0 aromatic heterocycles. The molecule has 1 atom stereocenters. The molecular formula is C19H21Cl2N3O4S. The van der Waals surface area contributed by atoms with Gasteiger partial charge in [0.2, 0.25) is 21.8 Å². The van der Waals surface area contributed by atoms with Crippen molar-refractivity contribution in [1.29, 1.82) is 0 Å². The zero-order chi connectivity index (χ0) is 21.8. The number of amides is 2. The van der Waals surface area contributed by atoms with Crippen LogP contribution < -0.4 is 10.0 Å². The predicted octanol–water partition coefficient (Wildman–Crippen LogP) is 3.28. The summed E-state index contributed by atoms with van der Waals surface area (Å²) >= 11 is 12.0. The van der Waals surface area contributed by atoms with E-state index in [1.54, 1.807) is 25.2 Å². The molecule has 0 aliphatic heterocycles. The van der Waals surface area contributed by atoms with Crippen LogP contribution in [0.5, 0.6) is 0 Å². The summed E-state index contributed by atoms with van der Waals surface area (Å²) in [4.78, 5) is 25.0. The molecule has 0 saturated carbocycles. The normalized spacial score (nSPS) is 12.3. The fourth-order valence-corrected chi connectivity index (χ4v) is 4.25. The van der Waals surface area contributed by atoms with Gasteiger partial charge < -0.3 is 10.2 Å². The first-order chi connectivity index (χ1) is 13.5. The lowest BCUT2D eigenvalue weighted by atomic mass is 10.2. The Bertz CT molecular complexity index is 1010. The van der Waals surface area contributed by atoms with Crippen LogP contribution >= 0.6 is 23.2 Å². The maximum Gasteiger partial charge on any atom is 0.241 e. The number of nitrogens with zero attached hydrogens (tertiary/aromatic N) is 1. The number of likely N-dealkylation sites (N-methyl/N-ethyl adjacent to an activating group) is 1. The van der Waals surface area contributed by atoms with Crippen LogP contribution in [0.25, 0.3) is 0 Å². The molecule has 0 bridgehead atoms. The highest BCUT2D eigenvalue weighted by atomic mass is 35.5. The minimum atomic E-state index is -3.92. The van der Waals surface area contributed by atoms with E-state index in [9.17, 15) is 18.0 Å². The van der Waals surface area contributed by atoms with Gasteiger partial charge in [0.05, 0.1) is 10.9 Å². The van der Waals surface area contributed by atoms with Crippen LogP contribution in [0, 0.1) is 0 Å². The molecule has 0 fully saturated rings. The first-order valence-corrected chi connectivity index (χ1v) is 10.8. The molecule has 0 unspecified atom stereocenters. The third kappa shape index (κ3) is 6.43. The Kier molecular flexibility index (Phi) is 7.65. The van der Waals surface area contributed by atoms with Crippen molar-refractivity contribution >= 4 is 50.7 Å². The van der Waals surface area contributed by atoms with E-state index in [1.807, 2.05) is 0 Å². The number of benzene rings is 2. The summed E-state index contributed by atoms with van der Waals surface area (Å²) in [6.07, 6.45) is 0. The lowest BCUT2D eigenvalue weighted by Gasteiger charge is -2.22. The first kappa shape index (κ1) is 23.2. The Hall–Kier alpha value is -2.13. The van der Waals surface area contributed by atoms with Gasteiger partial charge in [0.15, 0.2) is 0 Å². The van der Waals surface area contributed by atoms with Crippen LogP contribution in [0.1, 0.15) is 19.4 Å². The summed E-state index contributed by atoms with van der Waals surface area (Å²) in [6, 6.07) is 9.59. The number of rotatable bonds is 7. The van der Waals surface area contributed by atoms with Crippen molar-refractivity contribution in [2.24, 2.45) is 0 Å². The fourth-order valence-electron chi connectivity index (χ4n) is 2.59. The number of carbonyl (C=O) groups is 2. The Balaban J connectivity index is 2.05. The summed E-state index contributed by atoms with van der Waals surface area (Å²) < 4.78 is 27.5. The Morgan fingerprint density at radius 3 is 2.28 bits per heavy atom. The molecule has 0 heterocycles. The van der Waals surface area contributed by atoms with Gasteiger partial charge in [-0.05, 0) is 48.9 Å². The molecule has 2 aromatic carbocycles.